The van der Waals surface area contributed by atoms with Crippen molar-refractivity contribution in [1.29, 1.82) is 0 Å². The minimum absolute atomic E-state index is 0.0457. The molecule has 2 heterocycles. The first-order valence-electron chi connectivity index (χ1n) is 12.5. The number of amides is 1. The van der Waals surface area contributed by atoms with Gasteiger partial charge in [-0.3, -0.25) is 4.40 Å². The Morgan fingerprint density at radius 1 is 1.15 bits per heavy atom. The van der Waals surface area contributed by atoms with Gasteiger partial charge in [0.15, 0.2) is 23.0 Å². The van der Waals surface area contributed by atoms with Crippen molar-refractivity contribution in [2.75, 3.05) is 25.6 Å². The molecule has 204 valence electrons. The summed E-state index contributed by atoms with van der Waals surface area (Å²) in [4.78, 5) is 21.6. The molecule has 2 radical (unpaired) electrons. The standard InChI is InChI=1S/C28H30AsF2N5O3/c1-5-17-14-18(6-7-19(17)27(37)33-11-13-39-28(2,3)16-29)35-25-26-34-15-21(36(26)12-10-32-25)20-8-9-22(38-4)24(31)23(20)30/h6-10,12,14-15H,5,11,13,16H2,1-4H3,(H,32,35)(H,33,37). The predicted molar refractivity (Wildman–Crippen MR) is 147 cm³/mol. The molecule has 1 amide bonds. The van der Waals surface area contributed by atoms with Gasteiger partial charge >= 0.3 is 129 Å². The number of nitrogens with zero attached hydrogens (tertiary/aromatic N) is 3. The number of fused-ring (bicyclic) bond motifs is 1. The Balaban J connectivity index is 1.54. The van der Waals surface area contributed by atoms with E-state index < -0.39 is 11.6 Å². The zero-order valence-electron chi connectivity index (χ0n) is 22.2. The fourth-order valence-electron chi connectivity index (χ4n) is 4.05. The van der Waals surface area contributed by atoms with Gasteiger partial charge in [-0.1, -0.05) is 0 Å². The van der Waals surface area contributed by atoms with Crippen molar-refractivity contribution in [3.63, 3.8) is 0 Å². The molecule has 39 heavy (non-hydrogen) atoms. The summed E-state index contributed by atoms with van der Waals surface area (Å²) in [6.07, 6.45) is 5.27. The Kier molecular flexibility index (Phi) is 8.87. The normalized spacial score (nSPS) is 11.6. The third kappa shape index (κ3) is 6.23. The number of aryl methyl sites for hydroxylation is 1. The zero-order chi connectivity index (χ0) is 28.2. The van der Waals surface area contributed by atoms with E-state index in [0.29, 0.717) is 48.0 Å². The number of nitrogens with one attached hydrogen (secondary N) is 2. The van der Waals surface area contributed by atoms with Gasteiger partial charge in [0.25, 0.3) is 0 Å². The Morgan fingerprint density at radius 2 is 1.95 bits per heavy atom. The summed E-state index contributed by atoms with van der Waals surface area (Å²) in [6, 6.07) is 8.25. The molecule has 2 N–H and O–H groups in total. The number of hydrogen-bond donors (Lipinski definition) is 2. The molecule has 0 fully saturated rings. The van der Waals surface area contributed by atoms with Crippen molar-refractivity contribution in [3.05, 3.63) is 71.7 Å². The third-order valence-corrected chi connectivity index (χ3v) is 7.82. The van der Waals surface area contributed by atoms with Crippen LogP contribution in [0.15, 0.2) is 48.9 Å². The monoisotopic (exact) mass is 597 g/mol. The number of anilines is 2. The minimum atomic E-state index is -1.06. The van der Waals surface area contributed by atoms with Crippen LogP contribution >= 0.6 is 0 Å². The fraction of sp³-hybridized carbons (Fsp3) is 0.321. The van der Waals surface area contributed by atoms with Crippen LogP contribution in [0.5, 0.6) is 5.75 Å². The maximum absolute atomic E-state index is 14.8. The molecule has 0 aliphatic rings. The number of rotatable bonds is 11. The molecule has 2 aromatic carbocycles. The first-order valence-corrected chi connectivity index (χ1v) is 13.8. The number of methoxy groups -OCH3 is 1. The molecule has 0 aliphatic heterocycles. The summed E-state index contributed by atoms with van der Waals surface area (Å²) >= 11 is 2.51. The molecule has 0 saturated heterocycles. The number of benzene rings is 2. The van der Waals surface area contributed by atoms with Crippen LogP contribution in [0.2, 0.25) is 5.21 Å². The molecule has 8 nitrogen and oxygen atoms in total. The summed E-state index contributed by atoms with van der Waals surface area (Å²) in [7, 11) is 1.28. The summed E-state index contributed by atoms with van der Waals surface area (Å²) < 4.78 is 41.4. The molecular formula is C28H30AsF2N5O3. The average molecular weight is 597 g/mol. The predicted octanol–water partition coefficient (Wildman–Crippen LogP) is 5.10. The number of ether oxygens (including phenoxy) is 2. The van der Waals surface area contributed by atoms with Gasteiger partial charge in [-0.15, -0.1) is 0 Å². The average Bonchev–Trinajstić information content (AvgIpc) is 3.37. The Bertz CT molecular complexity index is 1490. The number of hydrogen-bond acceptors (Lipinski definition) is 6. The molecule has 0 spiro atoms. The first-order chi connectivity index (χ1) is 18.7. The molecule has 4 aromatic rings. The summed E-state index contributed by atoms with van der Waals surface area (Å²) in [5.74, 6) is -2.01. The SMILES string of the molecule is CCc1cc(Nc2nccn3c(-c4ccc(OC)c(F)c4F)cnc23)ccc1C(=O)NCCOC(C)(C)C[As]. The molecule has 4 rings (SSSR count). The zero-order valence-corrected chi connectivity index (χ0v) is 24.1. The van der Waals surface area contributed by atoms with E-state index in [4.69, 9.17) is 9.47 Å². The van der Waals surface area contributed by atoms with Crippen LogP contribution in [0.1, 0.15) is 36.7 Å². The van der Waals surface area contributed by atoms with Gasteiger partial charge in [-0.05, 0) is 12.1 Å². The molecule has 0 bridgehead atoms. The van der Waals surface area contributed by atoms with Gasteiger partial charge in [0, 0.05) is 18.0 Å². The van der Waals surface area contributed by atoms with Crippen molar-refractivity contribution in [2.45, 2.75) is 38.0 Å². The number of halogens is 2. The Labute approximate surface area is 234 Å². The van der Waals surface area contributed by atoms with Gasteiger partial charge in [-0.25, -0.2) is 14.4 Å². The van der Waals surface area contributed by atoms with Gasteiger partial charge in [-0.2, -0.15) is 4.39 Å². The molecule has 0 saturated carbocycles. The van der Waals surface area contributed by atoms with Crippen LogP contribution in [0, 0.1) is 11.6 Å². The van der Waals surface area contributed by atoms with E-state index in [-0.39, 0.29) is 22.8 Å². The van der Waals surface area contributed by atoms with Gasteiger partial charge in [0.2, 0.25) is 5.82 Å². The van der Waals surface area contributed by atoms with Crippen LogP contribution in [-0.2, 0) is 11.2 Å². The number of imidazole rings is 1. The number of carbonyl (C=O) groups excluding carboxylic acids is 1. The molecular weight excluding hydrogens is 567 g/mol. The van der Waals surface area contributed by atoms with E-state index in [9.17, 15) is 13.6 Å². The van der Waals surface area contributed by atoms with E-state index >= 15 is 0 Å². The topological polar surface area (TPSA) is 89.8 Å². The second kappa shape index (κ2) is 12.1. The van der Waals surface area contributed by atoms with Crippen molar-refractivity contribution >= 4 is 39.9 Å². The van der Waals surface area contributed by atoms with Crippen LogP contribution < -0.4 is 15.4 Å². The molecule has 2 aromatic heterocycles. The van der Waals surface area contributed by atoms with E-state index in [2.05, 4.69) is 37.5 Å². The van der Waals surface area contributed by atoms with Crippen molar-refractivity contribution in [3.8, 4) is 17.0 Å². The molecule has 0 atom stereocenters. The van der Waals surface area contributed by atoms with E-state index in [1.807, 2.05) is 26.8 Å². The Morgan fingerprint density at radius 3 is 2.67 bits per heavy atom. The van der Waals surface area contributed by atoms with E-state index in [1.165, 1.54) is 25.4 Å². The van der Waals surface area contributed by atoms with Crippen LogP contribution in [0.4, 0.5) is 20.3 Å². The van der Waals surface area contributed by atoms with Gasteiger partial charge in [0.05, 0.1) is 19.0 Å². The van der Waals surface area contributed by atoms with Crippen molar-refractivity contribution in [2.24, 2.45) is 0 Å². The fourth-order valence-corrected chi connectivity index (χ4v) is 4.24. The van der Waals surface area contributed by atoms with Crippen LogP contribution in [0.25, 0.3) is 16.9 Å². The second-order valence-electron chi connectivity index (χ2n) is 9.43. The first kappa shape index (κ1) is 28.5. The van der Waals surface area contributed by atoms with E-state index in [0.717, 1.165) is 10.8 Å². The van der Waals surface area contributed by atoms with Gasteiger partial charge in [0.1, 0.15) is 0 Å². The van der Waals surface area contributed by atoms with E-state index in [1.54, 1.807) is 28.9 Å². The Hall–Kier alpha value is -3.49. The quantitative estimate of drug-likeness (QED) is 0.185. The second-order valence-corrected chi connectivity index (χ2v) is 10.1. The summed E-state index contributed by atoms with van der Waals surface area (Å²) in [5, 5.41) is 6.98. The molecule has 0 aliphatic carbocycles. The third-order valence-electron chi connectivity index (χ3n) is 6.23. The maximum atomic E-state index is 14.8. The van der Waals surface area contributed by atoms with Crippen LogP contribution in [-0.4, -0.2) is 63.0 Å². The van der Waals surface area contributed by atoms with Crippen LogP contribution in [0.3, 0.4) is 0 Å². The van der Waals surface area contributed by atoms with Gasteiger partial charge < -0.3 is 4.74 Å². The molecule has 11 heteroatoms. The number of aromatic nitrogens is 3. The van der Waals surface area contributed by atoms with Crippen molar-refractivity contribution < 1.29 is 23.0 Å². The summed E-state index contributed by atoms with van der Waals surface area (Å²) in [6.45, 7) is 6.82. The van der Waals surface area contributed by atoms with Crippen molar-refractivity contribution in [1.82, 2.24) is 19.7 Å². The molecule has 0 unspecified atom stereocenters. The summed E-state index contributed by atoms with van der Waals surface area (Å²) in [5.41, 5.74) is 2.74. The number of carbonyl (C=O) groups is 1.